The summed E-state index contributed by atoms with van der Waals surface area (Å²) in [6.45, 7) is 1.68. The molecule has 152 valence electrons. The van der Waals surface area contributed by atoms with Gasteiger partial charge in [0.1, 0.15) is 6.10 Å². The molecule has 0 saturated carbocycles. The van der Waals surface area contributed by atoms with Gasteiger partial charge in [-0.3, -0.25) is 0 Å². The van der Waals surface area contributed by atoms with E-state index in [1.807, 2.05) is 35.9 Å². The topological polar surface area (TPSA) is 83.5 Å². The van der Waals surface area contributed by atoms with Gasteiger partial charge in [0.25, 0.3) is 0 Å². The van der Waals surface area contributed by atoms with Crippen LogP contribution in [0.4, 0.5) is 0 Å². The van der Waals surface area contributed by atoms with Crippen LogP contribution in [0.5, 0.6) is 0 Å². The third-order valence-electron chi connectivity index (χ3n) is 5.86. The van der Waals surface area contributed by atoms with Crippen molar-refractivity contribution in [3.05, 3.63) is 83.4 Å². The largest absolute Gasteiger partial charge is 0.393 e. The molecule has 5 rings (SSSR count). The molecule has 3 aromatic rings. The SMILES string of the molecule is Cc1cc2ncc3cc(C4C=CC=CC4)c(C4C=CC(C(O)CO)=CC4)nc3n2n1. The Morgan fingerprint density at radius 2 is 2.07 bits per heavy atom. The average molecular weight is 400 g/mol. The Hall–Kier alpha value is -3.09. The summed E-state index contributed by atoms with van der Waals surface area (Å²) in [6, 6.07) is 4.15. The number of aliphatic hydroxyl groups is 2. The molecular weight excluding hydrogens is 376 g/mol. The van der Waals surface area contributed by atoms with E-state index in [4.69, 9.17) is 4.98 Å². The molecule has 0 radical (unpaired) electrons. The van der Waals surface area contributed by atoms with Crippen molar-refractivity contribution in [3.63, 3.8) is 0 Å². The molecule has 3 unspecified atom stereocenters. The zero-order chi connectivity index (χ0) is 20.7. The van der Waals surface area contributed by atoms with E-state index in [1.165, 1.54) is 5.56 Å². The van der Waals surface area contributed by atoms with Crippen molar-refractivity contribution in [1.29, 1.82) is 0 Å². The molecule has 6 heteroatoms. The molecule has 2 aliphatic rings. The Morgan fingerprint density at radius 1 is 1.17 bits per heavy atom. The number of hydrogen-bond donors (Lipinski definition) is 2. The molecule has 30 heavy (non-hydrogen) atoms. The van der Waals surface area contributed by atoms with E-state index < -0.39 is 6.10 Å². The standard InChI is InChI=1S/C24H24N4O2/c1-15-11-22-25-13-19-12-20(16-5-3-2-4-6-16)23(26-24(19)28(22)27-15)18-9-7-17(8-10-18)21(30)14-29/h2-5,7-9,11-13,16,18,21,29-30H,6,10,14H2,1H3. The molecule has 0 aromatic carbocycles. The van der Waals surface area contributed by atoms with Crippen molar-refractivity contribution in [2.45, 2.75) is 37.7 Å². The minimum absolute atomic E-state index is 0.0956. The first kappa shape index (κ1) is 18.9. The van der Waals surface area contributed by atoms with Crippen LogP contribution in [0, 0.1) is 6.92 Å². The van der Waals surface area contributed by atoms with Crippen LogP contribution in [0.25, 0.3) is 16.7 Å². The molecule has 0 spiro atoms. The summed E-state index contributed by atoms with van der Waals surface area (Å²) in [7, 11) is 0. The Balaban J connectivity index is 1.65. The van der Waals surface area contributed by atoms with E-state index in [2.05, 4.69) is 46.5 Å². The van der Waals surface area contributed by atoms with Crippen LogP contribution in [-0.4, -0.2) is 42.5 Å². The quantitative estimate of drug-likeness (QED) is 0.700. The number of hydrogen-bond acceptors (Lipinski definition) is 5. The van der Waals surface area contributed by atoms with Gasteiger partial charge < -0.3 is 10.2 Å². The maximum atomic E-state index is 9.94. The molecule has 3 aromatic heterocycles. The second-order valence-corrected chi connectivity index (χ2v) is 7.95. The molecule has 0 amide bonds. The van der Waals surface area contributed by atoms with Gasteiger partial charge in [0, 0.05) is 29.5 Å². The lowest BCUT2D eigenvalue weighted by Crippen LogP contribution is -2.17. The maximum Gasteiger partial charge on any atom is 0.164 e. The molecule has 2 aliphatic carbocycles. The first-order valence-electron chi connectivity index (χ1n) is 10.3. The van der Waals surface area contributed by atoms with Crippen LogP contribution >= 0.6 is 0 Å². The molecule has 3 atom stereocenters. The van der Waals surface area contributed by atoms with E-state index in [0.717, 1.165) is 46.5 Å². The number of aromatic nitrogens is 4. The Labute approximate surface area is 174 Å². The third-order valence-corrected chi connectivity index (χ3v) is 5.86. The van der Waals surface area contributed by atoms with Gasteiger partial charge in [-0.2, -0.15) is 9.61 Å². The third kappa shape index (κ3) is 3.28. The van der Waals surface area contributed by atoms with Crippen LogP contribution < -0.4 is 0 Å². The Morgan fingerprint density at radius 3 is 2.80 bits per heavy atom. The van der Waals surface area contributed by atoms with Crippen molar-refractivity contribution in [2.24, 2.45) is 0 Å². The number of aliphatic hydroxyl groups excluding tert-OH is 2. The number of pyridine rings is 1. The van der Waals surface area contributed by atoms with E-state index in [-0.39, 0.29) is 18.4 Å². The van der Waals surface area contributed by atoms with Gasteiger partial charge in [0.2, 0.25) is 0 Å². The van der Waals surface area contributed by atoms with Gasteiger partial charge in [0.15, 0.2) is 11.3 Å². The highest BCUT2D eigenvalue weighted by atomic mass is 16.3. The van der Waals surface area contributed by atoms with Gasteiger partial charge >= 0.3 is 0 Å². The van der Waals surface area contributed by atoms with Crippen LogP contribution in [0.15, 0.2) is 66.4 Å². The van der Waals surface area contributed by atoms with Crippen molar-refractivity contribution in [3.8, 4) is 0 Å². The van der Waals surface area contributed by atoms with Crippen LogP contribution in [0.3, 0.4) is 0 Å². The lowest BCUT2D eigenvalue weighted by Gasteiger charge is -2.24. The molecular formula is C24H24N4O2. The Bertz CT molecular complexity index is 1230. The molecule has 3 heterocycles. The van der Waals surface area contributed by atoms with E-state index in [9.17, 15) is 10.2 Å². The zero-order valence-electron chi connectivity index (χ0n) is 16.8. The summed E-state index contributed by atoms with van der Waals surface area (Å²) in [4.78, 5) is 9.67. The fourth-order valence-corrected chi connectivity index (χ4v) is 4.28. The van der Waals surface area contributed by atoms with Gasteiger partial charge in [-0.25, -0.2) is 9.97 Å². The van der Waals surface area contributed by atoms with Gasteiger partial charge in [0.05, 0.1) is 18.0 Å². The van der Waals surface area contributed by atoms with Crippen LogP contribution in [0.2, 0.25) is 0 Å². The average Bonchev–Trinajstić information content (AvgIpc) is 3.19. The summed E-state index contributed by atoms with van der Waals surface area (Å²) in [5, 5.41) is 24.7. The monoisotopic (exact) mass is 400 g/mol. The van der Waals surface area contributed by atoms with Gasteiger partial charge in [-0.1, -0.05) is 42.5 Å². The lowest BCUT2D eigenvalue weighted by molar-refractivity contribution is 0.124. The molecule has 0 bridgehead atoms. The Kier molecular flexibility index (Phi) is 4.81. The minimum atomic E-state index is -0.838. The van der Waals surface area contributed by atoms with E-state index >= 15 is 0 Å². The van der Waals surface area contributed by atoms with Crippen LogP contribution in [0.1, 0.15) is 41.6 Å². The molecule has 2 N–H and O–H groups in total. The molecule has 0 saturated heterocycles. The summed E-state index contributed by atoms with van der Waals surface area (Å²) < 4.78 is 1.82. The predicted molar refractivity (Wildman–Crippen MR) is 116 cm³/mol. The number of fused-ring (bicyclic) bond motifs is 3. The smallest absolute Gasteiger partial charge is 0.164 e. The predicted octanol–water partition coefficient (Wildman–Crippen LogP) is 3.51. The molecule has 6 nitrogen and oxygen atoms in total. The van der Waals surface area contributed by atoms with E-state index in [0.29, 0.717) is 0 Å². The van der Waals surface area contributed by atoms with Gasteiger partial charge in [-0.15, -0.1) is 0 Å². The minimum Gasteiger partial charge on any atom is -0.393 e. The number of nitrogens with zero attached hydrogens (tertiary/aromatic N) is 4. The van der Waals surface area contributed by atoms with Gasteiger partial charge in [-0.05, 0) is 37.0 Å². The summed E-state index contributed by atoms with van der Waals surface area (Å²) in [5.74, 6) is 0.358. The summed E-state index contributed by atoms with van der Waals surface area (Å²) in [5.41, 5.74) is 5.48. The highest BCUT2D eigenvalue weighted by Crippen LogP contribution is 2.36. The zero-order valence-corrected chi connectivity index (χ0v) is 16.8. The highest BCUT2D eigenvalue weighted by Gasteiger charge is 2.24. The first-order valence-corrected chi connectivity index (χ1v) is 10.3. The highest BCUT2D eigenvalue weighted by molar-refractivity contribution is 5.78. The second kappa shape index (κ2) is 7.63. The number of rotatable bonds is 4. The fourth-order valence-electron chi connectivity index (χ4n) is 4.28. The number of aryl methyl sites for hydroxylation is 1. The normalized spacial score (nSPS) is 22.0. The van der Waals surface area contributed by atoms with E-state index in [1.54, 1.807) is 0 Å². The first-order chi connectivity index (χ1) is 14.6. The van der Waals surface area contributed by atoms with Crippen molar-refractivity contribution in [2.75, 3.05) is 6.61 Å². The van der Waals surface area contributed by atoms with Crippen molar-refractivity contribution >= 4 is 16.7 Å². The van der Waals surface area contributed by atoms with Crippen molar-refractivity contribution < 1.29 is 10.2 Å². The number of allylic oxidation sites excluding steroid dienone is 6. The molecule has 0 fully saturated rings. The fraction of sp³-hybridized carbons (Fsp3) is 0.292. The maximum absolute atomic E-state index is 9.94. The second-order valence-electron chi connectivity index (χ2n) is 7.95. The summed E-state index contributed by atoms with van der Waals surface area (Å²) in [6.07, 6.45) is 17.3. The van der Waals surface area contributed by atoms with Crippen molar-refractivity contribution in [1.82, 2.24) is 19.6 Å². The molecule has 0 aliphatic heterocycles. The lowest BCUT2D eigenvalue weighted by atomic mass is 9.84. The summed E-state index contributed by atoms with van der Waals surface area (Å²) >= 11 is 0. The van der Waals surface area contributed by atoms with Crippen LogP contribution in [-0.2, 0) is 0 Å².